The van der Waals surface area contributed by atoms with Gasteiger partial charge < -0.3 is 10.7 Å². The molecular formula is C12H14N4O. The summed E-state index contributed by atoms with van der Waals surface area (Å²) in [6.07, 6.45) is 9.44. The molecule has 0 amide bonds. The van der Waals surface area contributed by atoms with Crippen molar-refractivity contribution in [2.75, 3.05) is 5.73 Å². The van der Waals surface area contributed by atoms with E-state index >= 15 is 0 Å². The highest BCUT2D eigenvalue weighted by Crippen LogP contribution is 2.32. The van der Waals surface area contributed by atoms with E-state index in [4.69, 9.17) is 5.73 Å². The maximum absolute atomic E-state index is 11.7. The molecule has 0 saturated carbocycles. The normalized spacial score (nSPS) is 19.9. The molecule has 4 N–H and O–H groups in total. The fraction of sp³-hybridized carbons (Fsp3) is 0.333. The van der Waals surface area contributed by atoms with Crippen LogP contribution in [0.5, 0.6) is 0 Å². The van der Waals surface area contributed by atoms with E-state index in [-0.39, 0.29) is 11.5 Å². The van der Waals surface area contributed by atoms with E-state index in [0.717, 1.165) is 24.8 Å². The fourth-order valence-corrected chi connectivity index (χ4v) is 2.44. The van der Waals surface area contributed by atoms with Crippen LogP contribution in [0.25, 0.3) is 11.0 Å². The fourth-order valence-electron chi connectivity index (χ4n) is 2.44. The van der Waals surface area contributed by atoms with E-state index in [1.165, 1.54) is 0 Å². The van der Waals surface area contributed by atoms with Gasteiger partial charge in [-0.05, 0) is 30.7 Å². The number of hydrogen-bond donors (Lipinski definition) is 3. The first-order valence-corrected chi connectivity index (χ1v) is 5.77. The van der Waals surface area contributed by atoms with Gasteiger partial charge in [-0.2, -0.15) is 0 Å². The van der Waals surface area contributed by atoms with Gasteiger partial charge in [0.15, 0.2) is 0 Å². The molecule has 0 bridgehead atoms. The molecule has 1 unspecified atom stereocenters. The third kappa shape index (κ3) is 1.63. The third-order valence-corrected chi connectivity index (χ3v) is 3.29. The van der Waals surface area contributed by atoms with E-state index in [1.54, 1.807) is 0 Å². The lowest BCUT2D eigenvalue weighted by Crippen LogP contribution is -2.11. The largest absolute Gasteiger partial charge is 0.369 e. The molecular weight excluding hydrogens is 216 g/mol. The predicted octanol–water partition coefficient (Wildman–Crippen LogP) is 1.66. The van der Waals surface area contributed by atoms with Crippen LogP contribution >= 0.6 is 0 Å². The number of aromatic amines is 2. The quantitative estimate of drug-likeness (QED) is 0.651. The van der Waals surface area contributed by atoms with Crippen molar-refractivity contribution in [3.8, 4) is 0 Å². The molecule has 5 nitrogen and oxygen atoms in total. The molecule has 3 rings (SSSR count). The number of H-pyrrole nitrogens is 2. The molecule has 2 heterocycles. The van der Waals surface area contributed by atoms with Crippen molar-refractivity contribution in [2.24, 2.45) is 0 Å². The highest BCUT2D eigenvalue weighted by molar-refractivity contribution is 5.79. The maximum Gasteiger partial charge on any atom is 0.276 e. The van der Waals surface area contributed by atoms with Gasteiger partial charge in [0.25, 0.3) is 5.56 Å². The minimum Gasteiger partial charge on any atom is -0.369 e. The standard InChI is InChI=1S/C12H14N4O/c13-12-15-9-8(7-4-2-1-3-5-7)6-14-10(9)11(17)16-12/h1-2,6-7,14H,3-5H2,(H3,13,15,16,17). The number of nitrogens with two attached hydrogens (primary N) is 1. The molecule has 88 valence electrons. The van der Waals surface area contributed by atoms with Crippen molar-refractivity contribution in [3.63, 3.8) is 0 Å². The molecule has 1 aliphatic rings. The lowest BCUT2D eigenvalue weighted by atomic mass is 9.89. The number of nitrogens with zero attached hydrogens (tertiary/aromatic N) is 1. The van der Waals surface area contributed by atoms with Gasteiger partial charge in [-0.3, -0.25) is 9.78 Å². The van der Waals surface area contributed by atoms with Crippen molar-refractivity contribution in [1.29, 1.82) is 0 Å². The molecule has 0 fully saturated rings. The Labute approximate surface area is 97.8 Å². The first-order chi connectivity index (χ1) is 8.25. The van der Waals surface area contributed by atoms with Gasteiger partial charge in [0, 0.05) is 6.20 Å². The van der Waals surface area contributed by atoms with Crippen molar-refractivity contribution < 1.29 is 0 Å². The van der Waals surface area contributed by atoms with Crippen LogP contribution in [-0.2, 0) is 0 Å². The average Bonchev–Trinajstić information content (AvgIpc) is 2.74. The Balaban J connectivity index is 2.17. The summed E-state index contributed by atoms with van der Waals surface area (Å²) in [6, 6.07) is 0. The minimum absolute atomic E-state index is 0.176. The Kier molecular flexibility index (Phi) is 2.24. The molecule has 17 heavy (non-hydrogen) atoms. The van der Waals surface area contributed by atoms with Crippen molar-refractivity contribution in [3.05, 3.63) is 34.3 Å². The Hall–Kier alpha value is -2.04. The molecule has 0 saturated heterocycles. The molecule has 5 heteroatoms. The molecule has 0 aromatic carbocycles. The number of rotatable bonds is 1. The van der Waals surface area contributed by atoms with Crippen LogP contribution in [0, 0.1) is 0 Å². The van der Waals surface area contributed by atoms with Crippen LogP contribution < -0.4 is 11.3 Å². The topological polar surface area (TPSA) is 87.6 Å². The van der Waals surface area contributed by atoms with Crippen LogP contribution in [0.15, 0.2) is 23.1 Å². The molecule has 0 radical (unpaired) electrons. The predicted molar refractivity (Wildman–Crippen MR) is 66.9 cm³/mol. The minimum atomic E-state index is -0.204. The number of nitrogens with one attached hydrogen (secondary N) is 2. The Morgan fingerprint density at radius 1 is 1.41 bits per heavy atom. The van der Waals surface area contributed by atoms with Crippen LogP contribution in [0.4, 0.5) is 5.95 Å². The highest BCUT2D eigenvalue weighted by atomic mass is 16.1. The zero-order valence-corrected chi connectivity index (χ0v) is 9.36. The van der Waals surface area contributed by atoms with Gasteiger partial charge >= 0.3 is 0 Å². The SMILES string of the molecule is Nc1nc2c(C3CC=CCC3)c[nH]c2c(=O)[nH]1. The number of anilines is 1. The number of hydrogen-bond acceptors (Lipinski definition) is 3. The second-order valence-electron chi connectivity index (χ2n) is 4.40. The van der Waals surface area contributed by atoms with E-state index < -0.39 is 0 Å². The smallest absolute Gasteiger partial charge is 0.276 e. The average molecular weight is 230 g/mol. The van der Waals surface area contributed by atoms with Crippen molar-refractivity contribution in [1.82, 2.24) is 15.0 Å². The first-order valence-electron chi connectivity index (χ1n) is 5.77. The molecule has 0 spiro atoms. The first kappa shape index (κ1) is 10.1. The summed E-state index contributed by atoms with van der Waals surface area (Å²) in [5.74, 6) is 0.608. The van der Waals surface area contributed by atoms with Crippen LogP contribution in [0.3, 0.4) is 0 Å². The molecule has 2 aromatic rings. The summed E-state index contributed by atoms with van der Waals surface area (Å²) >= 11 is 0. The third-order valence-electron chi connectivity index (χ3n) is 3.29. The summed E-state index contributed by atoms with van der Waals surface area (Å²) in [5, 5.41) is 0. The lowest BCUT2D eigenvalue weighted by molar-refractivity contribution is 0.620. The van der Waals surface area contributed by atoms with Gasteiger partial charge in [-0.15, -0.1) is 0 Å². The summed E-state index contributed by atoms with van der Waals surface area (Å²) in [4.78, 5) is 21.4. The van der Waals surface area contributed by atoms with E-state index in [1.807, 2.05) is 6.20 Å². The van der Waals surface area contributed by atoms with E-state index in [0.29, 0.717) is 17.0 Å². The number of fused-ring (bicyclic) bond motifs is 1. The molecule has 2 aromatic heterocycles. The monoisotopic (exact) mass is 230 g/mol. The Bertz CT molecular complexity index is 637. The zero-order chi connectivity index (χ0) is 11.8. The van der Waals surface area contributed by atoms with Gasteiger partial charge in [-0.1, -0.05) is 12.2 Å². The summed E-state index contributed by atoms with van der Waals surface area (Å²) < 4.78 is 0. The number of allylic oxidation sites excluding steroid dienone is 2. The van der Waals surface area contributed by atoms with Crippen LogP contribution in [0.2, 0.25) is 0 Å². The van der Waals surface area contributed by atoms with Crippen LogP contribution in [0.1, 0.15) is 30.7 Å². The molecule has 1 aliphatic carbocycles. The second kappa shape index (κ2) is 3.76. The Morgan fingerprint density at radius 3 is 3.06 bits per heavy atom. The Morgan fingerprint density at radius 2 is 2.29 bits per heavy atom. The maximum atomic E-state index is 11.7. The van der Waals surface area contributed by atoms with E-state index in [9.17, 15) is 4.79 Å². The number of nitrogen functional groups attached to an aromatic ring is 1. The van der Waals surface area contributed by atoms with E-state index in [2.05, 4.69) is 27.1 Å². The summed E-state index contributed by atoms with van der Waals surface area (Å²) in [5.41, 5.74) is 7.72. The van der Waals surface area contributed by atoms with Crippen molar-refractivity contribution >= 4 is 17.0 Å². The van der Waals surface area contributed by atoms with Gasteiger partial charge in [-0.25, -0.2) is 4.98 Å². The summed E-state index contributed by atoms with van der Waals surface area (Å²) in [7, 11) is 0. The van der Waals surface area contributed by atoms with Crippen molar-refractivity contribution in [2.45, 2.75) is 25.2 Å². The second-order valence-corrected chi connectivity index (χ2v) is 4.40. The number of aromatic nitrogens is 3. The molecule has 1 atom stereocenters. The van der Waals surface area contributed by atoms with Gasteiger partial charge in [0.05, 0.1) is 0 Å². The summed E-state index contributed by atoms with van der Waals surface area (Å²) in [6.45, 7) is 0. The van der Waals surface area contributed by atoms with Crippen LogP contribution in [-0.4, -0.2) is 15.0 Å². The molecule has 0 aliphatic heterocycles. The highest BCUT2D eigenvalue weighted by Gasteiger charge is 2.18. The lowest BCUT2D eigenvalue weighted by Gasteiger charge is -2.16. The van der Waals surface area contributed by atoms with Gasteiger partial charge in [0.1, 0.15) is 11.0 Å². The van der Waals surface area contributed by atoms with Gasteiger partial charge in [0.2, 0.25) is 5.95 Å². The zero-order valence-electron chi connectivity index (χ0n) is 9.36.